The van der Waals surface area contributed by atoms with E-state index in [9.17, 15) is 43.5 Å². The zero-order chi connectivity index (χ0) is 93.5. The first-order valence-corrected chi connectivity index (χ1v) is 54.7. The number of allylic oxidation sites excluding steroid dienone is 32. The summed E-state index contributed by atoms with van der Waals surface area (Å²) >= 11 is 0. The molecule has 0 saturated heterocycles. The number of hydrogen-bond acceptors (Lipinski definition) is 14. The van der Waals surface area contributed by atoms with Gasteiger partial charge < -0.3 is 34.2 Å². The van der Waals surface area contributed by atoms with E-state index in [2.05, 4.69) is 215 Å². The van der Waals surface area contributed by atoms with Crippen LogP contribution in [0.25, 0.3) is 0 Å². The molecule has 16 nitrogen and oxygen atoms in total. The normalized spacial score (nSPS) is 14.4. The van der Waals surface area contributed by atoms with Gasteiger partial charge in [-0.05, 0) is 167 Å². The van der Waals surface area contributed by atoms with Crippen LogP contribution in [0.1, 0.15) is 432 Å². The number of esters is 3. The SMILES string of the molecule is CC/C=C\C/C=C\C/C=C\C/C=C\C/C=C\C/C=C\CCCCCCCCCCCCCCCCCCC(=O)OCC(O)COP(=O)(O)OCC(O)COP(=O)(O)OCC(COC(=O)CCCCCCCCCCCCCCCCCCCCC/C=C\C/C=C\C/C=C\C/C=C\CCCCC)OC(=O)CCCCCC/C=C\C/C=C\C/C=C\C/C=C\C/C=C\C/C=C\CC. The summed E-state index contributed by atoms with van der Waals surface area (Å²) in [5, 5.41) is 20.8. The number of phosphoric ester groups is 2. The number of carbonyl (C=O) groups is 3. The molecule has 18 heteroatoms. The number of hydrogen-bond donors (Lipinski definition) is 4. The maximum Gasteiger partial charge on any atom is 0.472 e. The molecule has 0 bridgehead atoms. The van der Waals surface area contributed by atoms with E-state index in [4.69, 9.17) is 32.3 Å². The summed E-state index contributed by atoms with van der Waals surface area (Å²) in [5.74, 6) is -1.59. The van der Waals surface area contributed by atoms with Gasteiger partial charge in [-0.25, -0.2) is 9.13 Å². The molecule has 738 valence electrons. The first kappa shape index (κ1) is 123. The first-order valence-electron chi connectivity index (χ1n) is 51.7. The Hall–Kier alpha value is -5.61. The van der Waals surface area contributed by atoms with Crippen LogP contribution in [0.4, 0.5) is 0 Å². The molecule has 5 unspecified atom stereocenters. The number of aliphatic hydroxyl groups excluding tert-OH is 2. The Morgan fingerprint density at radius 3 is 0.651 bits per heavy atom. The van der Waals surface area contributed by atoms with Crippen LogP contribution in [0.5, 0.6) is 0 Å². The Bertz CT molecular complexity index is 3130. The van der Waals surface area contributed by atoms with Crippen LogP contribution < -0.4 is 0 Å². The monoisotopic (exact) mass is 1840 g/mol. The molecule has 0 saturated carbocycles. The minimum atomic E-state index is -4.96. The molecule has 4 N–H and O–H groups in total. The zero-order valence-corrected chi connectivity index (χ0v) is 83.6. The van der Waals surface area contributed by atoms with Crippen molar-refractivity contribution in [3.63, 3.8) is 0 Å². The van der Waals surface area contributed by atoms with Gasteiger partial charge in [0.25, 0.3) is 0 Å². The average Bonchev–Trinajstić information content (AvgIpc) is 0.899. The zero-order valence-electron chi connectivity index (χ0n) is 81.8. The van der Waals surface area contributed by atoms with E-state index in [1.54, 1.807) is 0 Å². The fourth-order valence-electron chi connectivity index (χ4n) is 14.0. The summed E-state index contributed by atoms with van der Waals surface area (Å²) in [6.45, 7) is 2.45. The molecule has 0 aromatic heterocycles. The first-order chi connectivity index (χ1) is 63.2. The van der Waals surface area contributed by atoms with Crippen molar-refractivity contribution in [2.24, 2.45) is 0 Å². The highest BCUT2D eigenvalue weighted by Crippen LogP contribution is 2.45. The van der Waals surface area contributed by atoms with Gasteiger partial charge in [0.2, 0.25) is 0 Å². The van der Waals surface area contributed by atoms with E-state index in [0.717, 1.165) is 161 Å². The number of unbranched alkanes of at least 4 members (excludes halogenated alkanes) is 42. The number of rotatable bonds is 97. The third-order valence-electron chi connectivity index (χ3n) is 21.8. The smallest absolute Gasteiger partial charge is 0.463 e. The lowest BCUT2D eigenvalue weighted by Gasteiger charge is -2.21. The third kappa shape index (κ3) is 103. The minimum Gasteiger partial charge on any atom is -0.463 e. The highest BCUT2D eigenvalue weighted by molar-refractivity contribution is 7.47. The third-order valence-corrected chi connectivity index (χ3v) is 23.7. The second kappa shape index (κ2) is 101. The van der Waals surface area contributed by atoms with E-state index in [0.29, 0.717) is 19.3 Å². The predicted molar refractivity (Wildman–Crippen MR) is 546 cm³/mol. The van der Waals surface area contributed by atoms with Gasteiger partial charge in [0.05, 0.1) is 26.4 Å². The maximum absolute atomic E-state index is 13.1. The van der Waals surface area contributed by atoms with Gasteiger partial charge in [0, 0.05) is 19.3 Å². The molecule has 0 amide bonds. The summed E-state index contributed by atoms with van der Waals surface area (Å²) in [6, 6.07) is 0. The van der Waals surface area contributed by atoms with E-state index in [-0.39, 0.29) is 19.3 Å². The number of ether oxygens (including phenoxy) is 3. The summed E-state index contributed by atoms with van der Waals surface area (Å²) < 4.78 is 61.6. The van der Waals surface area contributed by atoms with Crippen LogP contribution in [0.15, 0.2) is 194 Å². The van der Waals surface area contributed by atoms with Crippen molar-refractivity contribution < 1.29 is 75.8 Å². The lowest BCUT2D eigenvalue weighted by atomic mass is 10.0. The van der Waals surface area contributed by atoms with Crippen molar-refractivity contribution in [3.05, 3.63) is 194 Å². The molecule has 0 aliphatic heterocycles. The average molecular weight is 1840 g/mol. The predicted octanol–water partition coefficient (Wildman–Crippen LogP) is 32.9. The maximum atomic E-state index is 13.1. The second-order valence-electron chi connectivity index (χ2n) is 34.2. The van der Waals surface area contributed by atoms with Gasteiger partial charge >= 0.3 is 33.6 Å². The van der Waals surface area contributed by atoms with Gasteiger partial charge in [0.1, 0.15) is 25.4 Å². The topological polar surface area (TPSA) is 231 Å². The molecule has 0 rings (SSSR count). The van der Waals surface area contributed by atoms with Crippen LogP contribution in [-0.4, -0.2) is 95.9 Å². The van der Waals surface area contributed by atoms with E-state index >= 15 is 0 Å². The number of phosphoric acid groups is 2. The van der Waals surface area contributed by atoms with Crippen molar-refractivity contribution in [3.8, 4) is 0 Å². The van der Waals surface area contributed by atoms with Crippen molar-refractivity contribution in [1.29, 1.82) is 0 Å². The van der Waals surface area contributed by atoms with Crippen LogP contribution in [0, 0.1) is 0 Å². The Balaban J connectivity index is 4.56. The Labute approximate surface area is 788 Å². The Morgan fingerprint density at radius 1 is 0.225 bits per heavy atom. The highest BCUT2D eigenvalue weighted by atomic mass is 31.2. The van der Waals surface area contributed by atoms with Crippen LogP contribution >= 0.6 is 15.6 Å². The van der Waals surface area contributed by atoms with Crippen molar-refractivity contribution in [2.75, 3.05) is 39.6 Å². The molecule has 0 fully saturated rings. The van der Waals surface area contributed by atoms with Crippen molar-refractivity contribution >= 4 is 33.6 Å². The molecule has 0 aromatic carbocycles. The number of carbonyl (C=O) groups excluding carboxylic acids is 3. The Kier molecular flexibility index (Phi) is 97.0. The lowest BCUT2D eigenvalue weighted by Crippen LogP contribution is -2.30. The molecule has 0 spiro atoms. The molecule has 0 aromatic rings. The Morgan fingerprint density at radius 2 is 0.411 bits per heavy atom. The van der Waals surface area contributed by atoms with Crippen LogP contribution in [-0.2, 0) is 55.8 Å². The van der Waals surface area contributed by atoms with Crippen molar-refractivity contribution in [1.82, 2.24) is 0 Å². The van der Waals surface area contributed by atoms with Gasteiger partial charge in [-0.3, -0.25) is 32.5 Å². The summed E-state index contributed by atoms with van der Waals surface area (Å²) in [4.78, 5) is 59.2. The van der Waals surface area contributed by atoms with Gasteiger partial charge in [-0.1, -0.05) is 440 Å². The van der Waals surface area contributed by atoms with Crippen LogP contribution in [0.2, 0.25) is 0 Å². The van der Waals surface area contributed by atoms with E-state index < -0.39 is 91.5 Å². The lowest BCUT2D eigenvalue weighted by molar-refractivity contribution is -0.161. The van der Waals surface area contributed by atoms with Crippen LogP contribution in [0.3, 0.4) is 0 Å². The molecule has 0 aliphatic carbocycles. The van der Waals surface area contributed by atoms with Gasteiger partial charge in [-0.15, -0.1) is 0 Å². The molecule has 0 heterocycles. The highest BCUT2D eigenvalue weighted by Gasteiger charge is 2.30. The summed E-state index contributed by atoms with van der Waals surface area (Å²) in [5.41, 5.74) is 0. The standard InChI is InChI=1S/C111H188O16P2/c1-4-7-10-13-16-19-22-25-28-31-34-37-40-42-44-46-48-50-52-54-56-58-60-62-65-67-70-73-76-79-82-85-88-91-94-97-109(114)121-100-106(112)101-123-128(117,118)124-102-107(113)103-125-129(119,120)126-105-108(127-111(116)99-96-93-90-87-84-81-78-75-72-69-64-39-36-33-30-27-24-21-18-15-12-9-6-3)104-122-110(115)98-95-92-89-86-83-80-77-74-71-68-66-63-61-59-57-55-53-51-49-47-45-43-41-38-35-32-29-26-23-20-17-14-11-8-5-2/h7,9-10,12,16-21,25-30,34-39,42-45,48,50,69,72,78,81,106-108,112-113H,4-6,8,11,13-15,22-24,31-33,40-41,46-47,49,51-68,70-71,73-77,79-80,82-105H2,1-3H3,(H,117,118)(H,119,120)/b10-7-,12-9-,19-16-,20-17-,21-18-,28-25-,29-26-,30-27-,37-34-,38-35-,39-36-,44-42-,45-43-,50-48-,72-69-,81-78-. The molecule has 0 radical (unpaired) electrons. The molecular formula is C111H188O16P2. The van der Waals surface area contributed by atoms with Gasteiger partial charge in [-0.2, -0.15) is 0 Å². The largest absolute Gasteiger partial charge is 0.472 e. The summed E-state index contributed by atoms with van der Waals surface area (Å²) in [6.07, 6.45) is 136. The second-order valence-corrected chi connectivity index (χ2v) is 37.1. The van der Waals surface area contributed by atoms with Crippen molar-refractivity contribution in [2.45, 2.75) is 450 Å². The van der Waals surface area contributed by atoms with Gasteiger partial charge in [0.15, 0.2) is 6.10 Å². The fourth-order valence-corrected chi connectivity index (χ4v) is 15.6. The number of aliphatic hydroxyl groups is 2. The molecule has 5 atom stereocenters. The minimum absolute atomic E-state index is 0.0711. The van der Waals surface area contributed by atoms with E-state index in [1.807, 2.05) is 0 Å². The quantitative estimate of drug-likeness (QED) is 0.0146. The summed E-state index contributed by atoms with van der Waals surface area (Å²) in [7, 11) is -9.83. The molecule has 129 heavy (non-hydrogen) atoms. The molecular weight excluding hydrogens is 1650 g/mol. The van der Waals surface area contributed by atoms with E-state index in [1.165, 1.54) is 212 Å². The molecule has 0 aliphatic rings. The fraction of sp³-hybridized carbons (Fsp3) is 0.685.